The zero-order valence-corrected chi connectivity index (χ0v) is 16.0. The van der Waals surface area contributed by atoms with Crippen LogP contribution in [0.25, 0.3) is 11.1 Å². The average Bonchev–Trinajstić information content (AvgIpc) is 2.69. The van der Waals surface area contributed by atoms with Crippen LogP contribution in [0.2, 0.25) is 0 Å². The van der Waals surface area contributed by atoms with Gasteiger partial charge in [0.25, 0.3) is 0 Å². The molecule has 0 saturated heterocycles. The van der Waals surface area contributed by atoms with Crippen LogP contribution >= 0.6 is 0 Å². The summed E-state index contributed by atoms with van der Waals surface area (Å²) in [6, 6.07) is 3.99. The van der Waals surface area contributed by atoms with Gasteiger partial charge in [0.15, 0.2) is 23.0 Å². The Bertz CT molecular complexity index is 759. The quantitative estimate of drug-likeness (QED) is 0.786. The molecule has 26 heavy (non-hydrogen) atoms. The van der Waals surface area contributed by atoms with Crippen LogP contribution in [0, 0.1) is 0 Å². The monoisotopic (exact) mass is 360 g/mol. The normalized spacial score (nSPS) is 11.9. The Morgan fingerprint density at radius 1 is 0.500 bits per heavy atom. The maximum absolute atomic E-state index is 5.73. The summed E-state index contributed by atoms with van der Waals surface area (Å²) in [6.07, 6.45) is 1.69. The molecule has 0 aliphatic heterocycles. The molecule has 1 aliphatic carbocycles. The van der Waals surface area contributed by atoms with Crippen LogP contribution < -0.4 is 28.4 Å². The Hall–Kier alpha value is -2.76. The average molecular weight is 360 g/mol. The van der Waals surface area contributed by atoms with E-state index in [-0.39, 0.29) is 0 Å². The molecule has 0 unspecified atom stereocenters. The lowest BCUT2D eigenvalue weighted by molar-refractivity contribution is 0.321. The smallest absolute Gasteiger partial charge is 0.203 e. The fourth-order valence-corrected chi connectivity index (χ4v) is 3.63. The molecule has 6 nitrogen and oxygen atoms in total. The second-order valence-corrected chi connectivity index (χ2v) is 5.86. The Morgan fingerprint density at radius 2 is 0.846 bits per heavy atom. The summed E-state index contributed by atoms with van der Waals surface area (Å²) < 4.78 is 33.6. The van der Waals surface area contributed by atoms with E-state index in [1.54, 1.807) is 42.7 Å². The number of ether oxygens (including phenoxy) is 6. The zero-order valence-electron chi connectivity index (χ0n) is 16.0. The molecular weight excluding hydrogens is 336 g/mol. The van der Waals surface area contributed by atoms with Crippen molar-refractivity contribution in [3.8, 4) is 45.6 Å². The van der Waals surface area contributed by atoms with Crippen molar-refractivity contribution in [2.75, 3.05) is 42.7 Å². The van der Waals surface area contributed by atoms with E-state index in [0.29, 0.717) is 34.5 Å². The number of aryl methyl sites for hydroxylation is 2. The summed E-state index contributed by atoms with van der Waals surface area (Å²) in [5.74, 6) is 3.63. The van der Waals surface area contributed by atoms with Gasteiger partial charge in [-0.15, -0.1) is 0 Å². The minimum absolute atomic E-state index is 0.554. The van der Waals surface area contributed by atoms with E-state index < -0.39 is 0 Å². The first-order valence-corrected chi connectivity index (χ1v) is 8.29. The van der Waals surface area contributed by atoms with E-state index in [9.17, 15) is 0 Å². The highest BCUT2D eigenvalue weighted by atomic mass is 16.5. The van der Waals surface area contributed by atoms with Crippen LogP contribution in [0.4, 0.5) is 0 Å². The predicted octanol–water partition coefficient (Wildman–Crippen LogP) is 3.50. The molecule has 3 rings (SSSR count). The minimum atomic E-state index is 0.554. The summed E-state index contributed by atoms with van der Waals surface area (Å²) in [5.41, 5.74) is 4.09. The second kappa shape index (κ2) is 7.23. The van der Waals surface area contributed by atoms with E-state index in [4.69, 9.17) is 28.4 Å². The van der Waals surface area contributed by atoms with Gasteiger partial charge < -0.3 is 28.4 Å². The third kappa shape index (κ3) is 2.57. The molecule has 0 saturated carbocycles. The fraction of sp³-hybridized carbons (Fsp3) is 0.400. The van der Waals surface area contributed by atoms with E-state index in [1.807, 2.05) is 12.1 Å². The molecule has 6 heteroatoms. The standard InChI is InChI=1S/C20H24O6/c1-21-13-9-11-7-8-12-10-14(22-2)18(24-4)20(26-6)16(12)15(11)19(25-5)17(13)23-3/h9-10H,7-8H2,1-6H3. The lowest BCUT2D eigenvalue weighted by Crippen LogP contribution is -2.10. The van der Waals surface area contributed by atoms with Gasteiger partial charge in [-0.2, -0.15) is 0 Å². The molecule has 0 N–H and O–H groups in total. The predicted molar refractivity (Wildman–Crippen MR) is 98.6 cm³/mol. The highest BCUT2D eigenvalue weighted by molar-refractivity contribution is 5.89. The number of rotatable bonds is 6. The highest BCUT2D eigenvalue weighted by Gasteiger charge is 2.31. The zero-order chi connectivity index (χ0) is 18.8. The van der Waals surface area contributed by atoms with Crippen LogP contribution in [0.3, 0.4) is 0 Å². The van der Waals surface area contributed by atoms with E-state index in [1.165, 1.54) is 0 Å². The SMILES string of the molecule is COc1cc2c(c(OC)c1OC)-c1c(cc(OC)c(OC)c1OC)CC2. The number of benzene rings is 2. The van der Waals surface area contributed by atoms with Crippen LogP contribution in [0.1, 0.15) is 11.1 Å². The Labute approximate surface area is 153 Å². The molecule has 0 radical (unpaired) electrons. The molecule has 0 atom stereocenters. The van der Waals surface area contributed by atoms with E-state index in [0.717, 1.165) is 35.1 Å². The molecule has 2 aromatic carbocycles. The van der Waals surface area contributed by atoms with Crippen molar-refractivity contribution >= 4 is 0 Å². The Kier molecular flexibility index (Phi) is 5.02. The maximum Gasteiger partial charge on any atom is 0.203 e. The first-order valence-electron chi connectivity index (χ1n) is 8.29. The van der Waals surface area contributed by atoms with Crippen molar-refractivity contribution in [1.29, 1.82) is 0 Å². The van der Waals surface area contributed by atoms with Gasteiger partial charge in [0.1, 0.15) is 0 Å². The van der Waals surface area contributed by atoms with Crippen LogP contribution in [-0.2, 0) is 12.8 Å². The van der Waals surface area contributed by atoms with Crippen molar-refractivity contribution < 1.29 is 28.4 Å². The number of hydrogen-bond donors (Lipinski definition) is 0. The van der Waals surface area contributed by atoms with Crippen molar-refractivity contribution in [2.45, 2.75) is 12.8 Å². The summed E-state index contributed by atoms with van der Waals surface area (Å²) in [7, 11) is 9.69. The second-order valence-electron chi connectivity index (χ2n) is 5.86. The summed E-state index contributed by atoms with van der Waals surface area (Å²) >= 11 is 0. The third-order valence-corrected chi connectivity index (χ3v) is 4.74. The molecule has 0 heterocycles. The third-order valence-electron chi connectivity index (χ3n) is 4.74. The molecule has 140 valence electrons. The van der Waals surface area contributed by atoms with Crippen molar-refractivity contribution in [3.05, 3.63) is 23.3 Å². The highest BCUT2D eigenvalue weighted by Crippen LogP contribution is 2.55. The van der Waals surface area contributed by atoms with Gasteiger partial charge >= 0.3 is 0 Å². The summed E-state index contributed by atoms with van der Waals surface area (Å²) in [6.45, 7) is 0. The maximum atomic E-state index is 5.73. The molecule has 2 aromatic rings. The van der Waals surface area contributed by atoms with Crippen LogP contribution in [0.5, 0.6) is 34.5 Å². The number of methoxy groups -OCH3 is 6. The number of hydrogen-bond acceptors (Lipinski definition) is 6. The van der Waals surface area contributed by atoms with Gasteiger partial charge in [-0.3, -0.25) is 0 Å². The topological polar surface area (TPSA) is 55.4 Å². The minimum Gasteiger partial charge on any atom is -0.493 e. The molecular formula is C20H24O6. The van der Waals surface area contributed by atoms with Gasteiger partial charge in [0, 0.05) is 11.1 Å². The van der Waals surface area contributed by atoms with Crippen molar-refractivity contribution in [1.82, 2.24) is 0 Å². The Morgan fingerprint density at radius 3 is 1.12 bits per heavy atom. The summed E-state index contributed by atoms with van der Waals surface area (Å²) in [4.78, 5) is 0. The molecule has 0 bridgehead atoms. The lowest BCUT2D eigenvalue weighted by Gasteiger charge is -2.27. The Balaban J connectivity index is 2.41. The van der Waals surface area contributed by atoms with Crippen LogP contribution in [-0.4, -0.2) is 42.7 Å². The number of fused-ring (bicyclic) bond motifs is 3. The molecule has 0 aromatic heterocycles. The first-order chi connectivity index (χ1) is 12.6. The van der Waals surface area contributed by atoms with Gasteiger partial charge in [0.05, 0.1) is 42.7 Å². The van der Waals surface area contributed by atoms with Crippen molar-refractivity contribution in [3.63, 3.8) is 0 Å². The van der Waals surface area contributed by atoms with Crippen LogP contribution in [0.15, 0.2) is 12.1 Å². The van der Waals surface area contributed by atoms with Gasteiger partial charge in [-0.25, -0.2) is 0 Å². The largest absolute Gasteiger partial charge is 0.493 e. The molecule has 1 aliphatic rings. The lowest BCUT2D eigenvalue weighted by atomic mass is 9.83. The van der Waals surface area contributed by atoms with Gasteiger partial charge in [-0.05, 0) is 36.1 Å². The van der Waals surface area contributed by atoms with Gasteiger partial charge in [-0.1, -0.05) is 0 Å². The summed E-state index contributed by atoms with van der Waals surface area (Å²) in [5, 5.41) is 0. The molecule has 0 fully saturated rings. The first kappa shape index (κ1) is 18.0. The fourth-order valence-electron chi connectivity index (χ4n) is 3.63. The van der Waals surface area contributed by atoms with Gasteiger partial charge in [0.2, 0.25) is 11.5 Å². The van der Waals surface area contributed by atoms with E-state index >= 15 is 0 Å². The molecule has 0 spiro atoms. The van der Waals surface area contributed by atoms with Crippen molar-refractivity contribution in [2.24, 2.45) is 0 Å². The van der Waals surface area contributed by atoms with E-state index in [2.05, 4.69) is 0 Å². The molecule has 0 amide bonds.